The Morgan fingerprint density at radius 1 is 0.958 bits per heavy atom. The second-order valence-corrected chi connectivity index (χ2v) is 7.14. The minimum Gasteiger partial charge on any atom is -0.508 e. The van der Waals surface area contributed by atoms with Crippen LogP contribution in [0.2, 0.25) is 0 Å². The highest BCUT2D eigenvalue weighted by atomic mass is 32.1. The third-order valence-electron chi connectivity index (χ3n) is 4.89. The van der Waals surface area contributed by atoms with Crippen LogP contribution in [0, 0.1) is 0 Å². The highest BCUT2D eigenvalue weighted by molar-refractivity contribution is 7.13. The van der Waals surface area contributed by atoms with Gasteiger partial charge < -0.3 is 10.4 Å². The Balaban J connectivity index is 1.76. The minimum atomic E-state index is -0.00181. The quantitative estimate of drug-likeness (QED) is 0.754. The molecule has 122 valence electrons. The Kier molecular flexibility index (Phi) is 4.08. The molecule has 4 rings (SSSR count). The van der Waals surface area contributed by atoms with Crippen LogP contribution in [0.5, 0.6) is 5.75 Å². The highest BCUT2D eigenvalue weighted by Crippen LogP contribution is 2.41. The van der Waals surface area contributed by atoms with Crippen LogP contribution in [0.1, 0.15) is 24.1 Å². The van der Waals surface area contributed by atoms with E-state index in [1.165, 1.54) is 11.3 Å². The number of thiazole rings is 1. The molecule has 24 heavy (non-hydrogen) atoms. The summed E-state index contributed by atoms with van der Waals surface area (Å²) in [6.45, 7) is 2.03. The van der Waals surface area contributed by atoms with Gasteiger partial charge >= 0.3 is 0 Å². The van der Waals surface area contributed by atoms with Crippen LogP contribution in [0.3, 0.4) is 0 Å². The minimum absolute atomic E-state index is 0.00181. The lowest BCUT2D eigenvalue weighted by Crippen LogP contribution is -2.41. The monoisotopic (exact) mass is 336 g/mol. The van der Waals surface area contributed by atoms with Gasteiger partial charge in [-0.1, -0.05) is 30.3 Å². The van der Waals surface area contributed by atoms with Crippen molar-refractivity contribution >= 4 is 11.3 Å². The van der Waals surface area contributed by atoms with Gasteiger partial charge in [-0.3, -0.25) is 0 Å². The number of hydrogen-bond donors (Lipinski definition) is 2. The fourth-order valence-corrected chi connectivity index (χ4v) is 4.46. The van der Waals surface area contributed by atoms with Crippen LogP contribution in [0.25, 0.3) is 10.6 Å². The van der Waals surface area contributed by atoms with Gasteiger partial charge in [0, 0.05) is 16.4 Å². The molecular weight excluding hydrogens is 316 g/mol. The van der Waals surface area contributed by atoms with E-state index in [1.807, 2.05) is 12.1 Å². The first kappa shape index (κ1) is 15.4. The molecule has 1 saturated heterocycles. The zero-order valence-corrected chi connectivity index (χ0v) is 14.2. The Labute approximate surface area is 146 Å². The first-order valence-corrected chi connectivity index (χ1v) is 9.18. The molecule has 3 aromatic rings. The van der Waals surface area contributed by atoms with Gasteiger partial charge in [0.25, 0.3) is 0 Å². The smallest absolute Gasteiger partial charge is 0.123 e. The first-order chi connectivity index (χ1) is 11.8. The van der Waals surface area contributed by atoms with Gasteiger partial charge in [0.15, 0.2) is 0 Å². The summed E-state index contributed by atoms with van der Waals surface area (Å²) in [6, 6.07) is 18.0. The predicted molar refractivity (Wildman–Crippen MR) is 98.5 cm³/mol. The number of phenols is 1. The molecule has 1 aromatic heterocycles. The molecule has 0 saturated carbocycles. The van der Waals surface area contributed by atoms with Crippen LogP contribution in [0.4, 0.5) is 0 Å². The van der Waals surface area contributed by atoms with Gasteiger partial charge in [-0.2, -0.15) is 0 Å². The van der Waals surface area contributed by atoms with E-state index in [-0.39, 0.29) is 11.2 Å². The Morgan fingerprint density at radius 3 is 2.38 bits per heavy atom. The standard InChI is InChI=1S/C20H20N2OS/c23-17-8-6-15(7-9-17)19-22-18(14-24-19)20(10-12-21-13-11-20)16-4-2-1-3-5-16/h1-9,14,21,23H,10-13H2. The third kappa shape index (κ3) is 2.72. The van der Waals surface area contributed by atoms with Gasteiger partial charge in [-0.15, -0.1) is 11.3 Å². The molecule has 2 N–H and O–H groups in total. The number of rotatable bonds is 3. The number of phenolic OH excluding ortho intramolecular Hbond substituents is 1. The number of nitrogens with one attached hydrogen (secondary N) is 1. The Bertz CT molecular complexity index is 805. The van der Waals surface area contributed by atoms with Crippen LogP contribution >= 0.6 is 11.3 Å². The lowest BCUT2D eigenvalue weighted by Gasteiger charge is -2.37. The molecule has 0 spiro atoms. The van der Waals surface area contributed by atoms with Crippen LogP contribution in [-0.4, -0.2) is 23.2 Å². The molecule has 0 bridgehead atoms. The molecule has 2 heterocycles. The summed E-state index contributed by atoms with van der Waals surface area (Å²) < 4.78 is 0. The average Bonchev–Trinajstić information content (AvgIpc) is 3.14. The lowest BCUT2D eigenvalue weighted by atomic mass is 9.71. The van der Waals surface area contributed by atoms with E-state index in [4.69, 9.17) is 4.98 Å². The van der Waals surface area contributed by atoms with E-state index in [9.17, 15) is 5.11 Å². The van der Waals surface area contributed by atoms with Gasteiger partial charge in [0.2, 0.25) is 0 Å². The first-order valence-electron chi connectivity index (χ1n) is 8.30. The summed E-state index contributed by atoms with van der Waals surface area (Å²) in [5.74, 6) is 0.287. The molecule has 0 unspecified atom stereocenters. The highest BCUT2D eigenvalue weighted by Gasteiger charge is 2.37. The van der Waals surface area contributed by atoms with Crippen molar-refractivity contribution in [1.29, 1.82) is 0 Å². The van der Waals surface area contributed by atoms with Crippen molar-refractivity contribution in [3.05, 3.63) is 71.2 Å². The number of benzene rings is 2. The van der Waals surface area contributed by atoms with Gasteiger partial charge in [0.05, 0.1) is 5.69 Å². The van der Waals surface area contributed by atoms with E-state index >= 15 is 0 Å². The number of aromatic nitrogens is 1. The maximum atomic E-state index is 9.48. The second-order valence-electron chi connectivity index (χ2n) is 6.28. The summed E-state index contributed by atoms with van der Waals surface area (Å²) >= 11 is 1.68. The average molecular weight is 336 g/mol. The van der Waals surface area contributed by atoms with Crippen molar-refractivity contribution in [3.63, 3.8) is 0 Å². The topological polar surface area (TPSA) is 45.2 Å². The Morgan fingerprint density at radius 2 is 1.67 bits per heavy atom. The number of piperidine rings is 1. The fourth-order valence-electron chi connectivity index (χ4n) is 3.53. The Hall–Kier alpha value is -2.17. The summed E-state index contributed by atoms with van der Waals surface area (Å²) in [5, 5.41) is 16.2. The molecule has 0 amide bonds. The summed E-state index contributed by atoms with van der Waals surface area (Å²) in [5.41, 5.74) is 3.58. The zero-order chi connectivity index (χ0) is 16.4. The molecular formula is C20H20N2OS. The molecule has 3 nitrogen and oxygen atoms in total. The van der Waals surface area contributed by atoms with Crippen molar-refractivity contribution in [3.8, 4) is 16.3 Å². The normalized spacial score (nSPS) is 16.8. The van der Waals surface area contributed by atoms with Crippen molar-refractivity contribution in [2.24, 2.45) is 0 Å². The van der Waals surface area contributed by atoms with Crippen molar-refractivity contribution < 1.29 is 5.11 Å². The number of aromatic hydroxyl groups is 1. The van der Waals surface area contributed by atoms with Crippen molar-refractivity contribution in [1.82, 2.24) is 10.3 Å². The molecule has 0 atom stereocenters. The SMILES string of the molecule is Oc1ccc(-c2nc(C3(c4ccccc4)CCNCC3)cs2)cc1. The summed E-state index contributed by atoms with van der Waals surface area (Å²) in [6.07, 6.45) is 2.13. The van der Waals surface area contributed by atoms with Crippen molar-refractivity contribution in [2.45, 2.75) is 18.3 Å². The molecule has 0 aliphatic carbocycles. The maximum absolute atomic E-state index is 9.48. The number of hydrogen-bond acceptors (Lipinski definition) is 4. The van der Waals surface area contributed by atoms with Gasteiger partial charge in [0.1, 0.15) is 10.8 Å². The van der Waals surface area contributed by atoms with Gasteiger partial charge in [-0.05, 0) is 55.8 Å². The molecule has 0 radical (unpaired) electrons. The molecule has 1 aliphatic rings. The third-order valence-corrected chi connectivity index (χ3v) is 5.78. The van der Waals surface area contributed by atoms with E-state index in [2.05, 4.69) is 41.0 Å². The molecule has 1 fully saturated rings. The summed E-state index contributed by atoms with van der Waals surface area (Å²) in [7, 11) is 0. The lowest BCUT2D eigenvalue weighted by molar-refractivity contribution is 0.356. The second kappa shape index (κ2) is 6.38. The van der Waals surface area contributed by atoms with E-state index in [0.29, 0.717) is 0 Å². The van der Waals surface area contributed by atoms with Crippen LogP contribution in [0.15, 0.2) is 60.0 Å². The van der Waals surface area contributed by atoms with Crippen molar-refractivity contribution in [2.75, 3.05) is 13.1 Å². The van der Waals surface area contributed by atoms with Crippen LogP contribution in [-0.2, 0) is 5.41 Å². The van der Waals surface area contributed by atoms with E-state index < -0.39 is 0 Å². The molecule has 4 heteroatoms. The number of nitrogens with zero attached hydrogens (tertiary/aromatic N) is 1. The predicted octanol–water partition coefficient (Wildman–Crippen LogP) is 4.19. The van der Waals surface area contributed by atoms with Crippen LogP contribution < -0.4 is 5.32 Å². The van der Waals surface area contributed by atoms with E-state index in [1.54, 1.807) is 23.5 Å². The maximum Gasteiger partial charge on any atom is 0.123 e. The molecule has 1 aliphatic heterocycles. The largest absolute Gasteiger partial charge is 0.508 e. The van der Waals surface area contributed by atoms with Gasteiger partial charge in [-0.25, -0.2) is 4.98 Å². The zero-order valence-electron chi connectivity index (χ0n) is 13.4. The fraction of sp³-hybridized carbons (Fsp3) is 0.250. The van der Waals surface area contributed by atoms with E-state index in [0.717, 1.165) is 36.5 Å². The summed E-state index contributed by atoms with van der Waals surface area (Å²) in [4.78, 5) is 4.99. The molecule has 2 aromatic carbocycles.